The van der Waals surface area contributed by atoms with Crippen molar-refractivity contribution in [3.05, 3.63) is 16.1 Å². The molecule has 0 saturated carbocycles. The van der Waals surface area contributed by atoms with Crippen LogP contribution in [0.15, 0.2) is 5.51 Å². The summed E-state index contributed by atoms with van der Waals surface area (Å²) in [5, 5.41) is 0. The van der Waals surface area contributed by atoms with Crippen LogP contribution in [0, 0.1) is 18.8 Å². The Labute approximate surface area is 123 Å². The van der Waals surface area contributed by atoms with Crippen molar-refractivity contribution in [2.24, 2.45) is 11.8 Å². The summed E-state index contributed by atoms with van der Waals surface area (Å²) < 4.78 is 0. The minimum absolute atomic E-state index is 0.812. The Kier molecular flexibility index (Phi) is 8.36. The average Bonchev–Trinajstić information content (AvgIpc) is 2.81. The Balaban J connectivity index is 2.31. The molecule has 1 rings (SSSR count). The highest BCUT2D eigenvalue weighted by Gasteiger charge is 2.17. The van der Waals surface area contributed by atoms with Crippen LogP contribution >= 0.6 is 11.3 Å². The fourth-order valence-corrected chi connectivity index (χ4v) is 3.44. The van der Waals surface area contributed by atoms with E-state index in [-0.39, 0.29) is 0 Å². The van der Waals surface area contributed by atoms with E-state index >= 15 is 0 Å². The highest BCUT2D eigenvalue weighted by molar-refractivity contribution is 7.09. The average molecular weight is 282 g/mol. The molecule has 0 radical (unpaired) electrons. The van der Waals surface area contributed by atoms with Crippen molar-refractivity contribution in [3.63, 3.8) is 0 Å². The van der Waals surface area contributed by atoms with Crippen LogP contribution < -0.4 is 0 Å². The fraction of sp³-hybridized carbons (Fsp3) is 0.824. The van der Waals surface area contributed by atoms with Gasteiger partial charge in [-0.3, -0.25) is 0 Å². The maximum atomic E-state index is 4.53. The topological polar surface area (TPSA) is 12.9 Å². The Morgan fingerprint density at radius 2 is 1.89 bits per heavy atom. The van der Waals surface area contributed by atoms with Crippen LogP contribution in [0.1, 0.15) is 76.3 Å². The maximum absolute atomic E-state index is 4.53. The van der Waals surface area contributed by atoms with Gasteiger partial charge in [-0.2, -0.15) is 0 Å². The quantitative estimate of drug-likeness (QED) is 0.478. The van der Waals surface area contributed by atoms with Crippen LogP contribution in [0.4, 0.5) is 0 Å². The zero-order valence-corrected chi connectivity index (χ0v) is 14.1. The molecule has 1 aromatic rings. The first-order valence-corrected chi connectivity index (χ1v) is 8.95. The highest BCUT2D eigenvalue weighted by Crippen LogP contribution is 2.27. The summed E-state index contributed by atoms with van der Waals surface area (Å²) in [5.74, 6) is 1.65. The molecular formula is C17H31NS. The largest absolute Gasteiger partial charge is 0.249 e. The maximum Gasteiger partial charge on any atom is 0.0797 e. The standard InChI is InChI=1S/C17H31NS/c1-5-7-8-9-10-11-14(3)16(6-2)12-17-15(4)19-13-18-17/h13-14,16H,5-12H2,1-4H3. The molecule has 19 heavy (non-hydrogen) atoms. The second-order valence-electron chi connectivity index (χ2n) is 5.91. The minimum Gasteiger partial charge on any atom is -0.249 e. The van der Waals surface area contributed by atoms with Crippen molar-refractivity contribution >= 4 is 11.3 Å². The van der Waals surface area contributed by atoms with E-state index in [2.05, 4.69) is 32.7 Å². The van der Waals surface area contributed by atoms with Crippen LogP contribution in [-0.4, -0.2) is 4.98 Å². The van der Waals surface area contributed by atoms with Crippen molar-refractivity contribution in [2.45, 2.75) is 79.1 Å². The molecule has 0 N–H and O–H groups in total. The highest BCUT2D eigenvalue weighted by atomic mass is 32.1. The summed E-state index contributed by atoms with van der Waals surface area (Å²) in [7, 11) is 0. The Hall–Kier alpha value is -0.370. The molecule has 2 atom stereocenters. The van der Waals surface area contributed by atoms with Crippen LogP contribution in [0.2, 0.25) is 0 Å². The smallest absolute Gasteiger partial charge is 0.0797 e. The fourth-order valence-electron chi connectivity index (χ4n) is 2.83. The molecule has 1 nitrogen and oxygen atoms in total. The van der Waals surface area contributed by atoms with Gasteiger partial charge in [0, 0.05) is 4.88 Å². The van der Waals surface area contributed by atoms with Gasteiger partial charge in [0.05, 0.1) is 11.2 Å². The number of hydrogen-bond acceptors (Lipinski definition) is 2. The molecule has 0 spiro atoms. The van der Waals surface area contributed by atoms with E-state index in [1.54, 1.807) is 11.3 Å². The molecule has 1 heterocycles. The Bertz CT molecular complexity index is 332. The lowest BCUT2D eigenvalue weighted by atomic mass is 9.84. The number of thiazole rings is 1. The second-order valence-corrected chi connectivity index (χ2v) is 6.97. The van der Waals surface area contributed by atoms with E-state index in [1.165, 1.54) is 61.9 Å². The molecule has 0 amide bonds. The van der Waals surface area contributed by atoms with Gasteiger partial charge >= 0.3 is 0 Å². The summed E-state index contributed by atoms with van der Waals surface area (Å²) in [5.41, 5.74) is 3.34. The van der Waals surface area contributed by atoms with E-state index in [9.17, 15) is 0 Å². The lowest BCUT2D eigenvalue weighted by Crippen LogP contribution is -2.14. The van der Waals surface area contributed by atoms with E-state index in [0.717, 1.165) is 11.8 Å². The zero-order chi connectivity index (χ0) is 14.1. The van der Waals surface area contributed by atoms with E-state index < -0.39 is 0 Å². The summed E-state index contributed by atoms with van der Waals surface area (Å²) in [6.45, 7) is 9.26. The number of nitrogens with zero attached hydrogens (tertiary/aromatic N) is 1. The lowest BCUT2D eigenvalue weighted by molar-refractivity contribution is 0.313. The van der Waals surface area contributed by atoms with Crippen LogP contribution in [-0.2, 0) is 6.42 Å². The van der Waals surface area contributed by atoms with Crippen molar-refractivity contribution in [1.82, 2.24) is 4.98 Å². The predicted molar refractivity (Wildman–Crippen MR) is 86.9 cm³/mol. The van der Waals surface area contributed by atoms with Crippen molar-refractivity contribution in [2.75, 3.05) is 0 Å². The summed E-state index contributed by atoms with van der Waals surface area (Å²) in [6.07, 6.45) is 10.9. The van der Waals surface area contributed by atoms with Crippen LogP contribution in [0.5, 0.6) is 0 Å². The number of aryl methyl sites for hydroxylation is 1. The van der Waals surface area contributed by atoms with Crippen LogP contribution in [0.3, 0.4) is 0 Å². The van der Waals surface area contributed by atoms with Crippen molar-refractivity contribution in [1.29, 1.82) is 0 Å². The molecule has 110 valence electrons. The summed E-state index contributed by atoms with van der Waals surface area (Å²) in [4.78, 5) is 5.94. The predicted octanol–water partition coefficient (Wildman–Crippen LogP) is 6.02. The third kappa shape index (κ3) is 6.07. The third-order valence-electron chi connectivity index (χ3n) is 4.39. The van der Waals surface area contributed by atoms with Crippen LogP contribution in [0.25, 0.3) is 0 Å². The van der Waals surface area contributed by atoms with Crippen molar-refractivity contribution in [3.8, 4) is 0 Å². The first-order chi connectivity index (χ1) is 9.19. The molecule has 0 aliphatic heterocycles. The molecule has 0 aromatic carbocycles. The van der Waals surface area contributed by atoms with Gasteiger partial charge in [0.15, 0.2) is 0 Å². The van der Waals surface area contributed by atoms with E-state index in [1.807, 2.05) is 5.51 Å². The van der Waals surface area contributed by atoms with Gasteiger partial charge in [0.1, 0.15) is 0 Å². The molecule has 0 aliphatic rings. The van der Waals surface area contributed by atoms with Gasteiger partial charge in [-0.25, -0.2) is 4.98 Å². The molecule has 0 saturated heterocycles. The molecule has 2 heteroatoms. The van der Waals surface area contributed by atoms with Gasteiger partial charge < -0.3 is 0 Å². The number of unbranched alkanes of at least 4 members (excludes halogenated alkanes) is 4. The van der Waals surface area contributed by atoms with Gasteiger partial charge in [-0.15, -0.1) is 11.3 Å². The normalized spacial score (nSPS) is 14.5. The van der Waals surface area contributed by atoms with Gasteiger partial charge in [0.25, 0.3) is 0 Å². The number of aromatic nitrogens is 1. The Morgan fingerprint density at radius 3 is 2.47 bits per heavy atom. The van der Waals surface area contributed by atoms with Gasteiger partial charge in [-0.05, 0) is 25.2 Å². The molecule has 2 unspecified atom stereocenters. The monoisotopic (exact) mass is 281 g/mol. The lowest BCUT2D eigenvalue weighted by Gasteiger charge is -2.22. The van der Waals surface area contributed by atoms with Crippen molar-refractivity contribution < 1.29 is 0 Å². The molecule has 0 fully saturated rings. The third-order valence-corrected chi connectivity index (χ3v) is 5.19. The zero-order valence-electron chi connectivity index (χ0n) is 13.2. The van der Waals surface area contributed by atoms with E-state index in [4.69, 9.17) is 0 Å². The number of hydrogen-bond donors (Lipinski definition) is 0. The van der Waals surface area contributed by atoms with E-state index in [0.29, 0.717) is 0 Å². The first-order valence-electron chi connectivity index (χ1n) is 8.07. The molecule has 0 aliphatic carbocycles. The molecule has 0 bridgehead atoms. The summed E-state index contributed by atoms with van der Waals surface area (Å²) >= 11 is 1.78. The SMILES string of the molecule is CCCCCCCC(C)C(CC)Cc1ncsc1C. The Morgan fingerprint density at radius 1 is 1.16 bits per heavy atom. The molecule has 1 aromatic heterocycles. The minimum atomic E-state index is 0.812. The second kappa shape index (κ2) is 9.52. The molecular weight excluding hydrogens is 250 g/mol. The summed E-state index contributed by atoms with van der Waals surface area (Å²) in [6, 6.07) is 0. The van der Waals surface area contributed by atoms with Gasteiger partial charge in [0.2, 0.25) is 0 Å². The number of rotatable bonds is 10. The first kappa shape index (κ1) is 16.7. The van der Waals surface area contributed by atoms with Gasteiger partial charge in [-0.1, -0.05) is 65.7 Å².